The molecule has 3 nitrogen and oxygen atoms in total. The molecule has 1 unspecified atom stereocenters. The fourth-order valence-corrected chi connectivity index (χ4v) is 2.78. The van der Waals surface area contributed by atoms with E-state index in [4.69, 9.17) is 9.84 Å². The van der Waals surface area contributed by atoms with Gasteiger partial charge in [-0.05, 0) is 19.3 Å². The third kappa shape index (κ3) is 9.11. The molecule has 1 rings (SSSR count). The molecule has 128 valence electrons. The van der Waals surface area contributed by atoms with Crippen molar-refractivity contribution in [2.75, 3.05) is 0 Å². The number of hydrogen-bond donors (Lipinski definition) is 1. The third-order valence-electron chi connectivity index (χ3n) is 4.49. The number of ether oxygens (including phenoxy) is 1. The van der Waals surface area contributed by atoms with Gasteiger partial charge < -0.3 is 9.84 Å². The highest BCUT2D eigenvalue weighted by atomic mass is 16.6. The molecule has 0 radical (unpaired) electrons. The topological polar surface area (TPSA) is 49.8 Å². The summed E-state index contributed by atoms with van der Waals surface area (Å²) in [7, 11) is 0. The molecule has 22 heavy (non-hydrogen) atoms. The molecule has 0 aliphatic carbocycles. The number of carbonyl (C=O) groups is 1. The Labute approximate surface area is 136 Å². The molecule has 0 bridgehead atoms. The Balaban J connectivity index is 1.88. The minimum atomic E-state index is -0.670. The van der Waals surface area contributed by atoms with Gasteiger partial charge in [0.25, 0.3) is 0 Å². The van der Waals surface area contributed by atoms with Crippen LogP contribution in [0.1, 0.15) is 97.3 Å². The molecule has 3 heteroatoms. The van der Waals surface area contributed by atoms with Crippen molar-refractivity contribution in [1.82, 2.24) is 0 Å². The van der Waals surface area contributed by atoms with Crippen molar-refractivity contribution in [2.24, 2.45) is 5.92 Å². The second kappa shape index (κ2) is 11.6. The van der Waals surface area contributed by atoms with Gasteiger partial charge in [0.1, 0.15) is 11.5 Å². The van der Waals surface area contributed by atoms with Gasteiger partial charge in [0.15, 0.2) is 0 Å². The molecular weight excluding hydrogens is 276 g/mol. The summed E-state index contributed by atoms with van der Waals surface area (Å²) in [5.74, 6) is 1.64. The maximum atomic E-state index is 10.7. The lowest BCUT2D eigenvalue weighted by molar-refractivity contribution is -0.141. The summed E-state index contributed by atoms with van der Waals surface area (Å²) in [5, 5.41) is 8.80. The van der Waals surface area contributed by atoms with E-state index in [1.165, 1.54) is 62.9 Å². The Kier molecular flexibility index (Phi) is 10.0. The van der Waals surface area contributed by atoms with E-state index < -0.39 is 5.97 Å². The van der Waals surface area contributed by atoms with Crippen LogP contribution in [0.5, 0.6) is 0 Å². The van der Waals surface area contributed by atoms with Crippen molar-refractivity contribution in [3.8, 4) is 0 Å². The molecule has 0 saturated carbocycles. The zero-order valence-electron chi connectivity index (χ0n) is 14.5. The summed E-state index contributed by atoms with van der Waals surface area (Å²) in [5.41, 5.74) is 0. The molecule has 1 atom stereocenters. The van der Waals surface area contributed by atoms with Crippen LogP contribution in [-0.2, 0) is 9.53 Å². The van der Waals surface area contributed by atoms with E-state index in [0.717, 1.165) is 32.1 Å². The normalized spacial score (nSPS) is 14.8. The highest BCUT2D eigenvalue weighted by Crippen LogP contribution is 2.35. The first-order chi connectivity index (χ1) is 10.6. The number of carboxylic acid groups (broad SMARTS) is 1. The zero-order chi connectivity index (χ0) is 16.2. The third-order valence-corrected chi connectivity index (χ3v) is 4.49. The minimum Gasteiger partial charge on any atom is -0.481 e. The Morgan fingerprint density at radius 1 is 0.909 bits per heavy atom. The van der Waals surface area contributed by atoms with E-state index in [9.17, 15) is 4.79 Å². The van der Waals surface area contributed by atoms with Crippen LogP contribution in [0.25, 0.3) is 0 Å². The van der Waals surface area contributed by atoms with Gasteiger partial charge in [-0.1, -0.05) is 65.2 Å². The monoisotopic (exact) mass is 310 g/mol. The van der Waals surface area contributed by atoms with Gasteiger partial charge in [0, 0.05) is 12.8 Å². The van der Waals surface area contributed by atoms with Crippen LogP contribution in [0.3, 0.4) is 0 Å². The molecule has 0 spiro atoms. The number of carboxylic acids is 1. The van der Waals surface area contributed by atoms with E-state index in [1.807, 2.05) is 0 Å². The lowest BCUT2D eigenvalue weighted by Crippen LogP contribution is -2.08. The highest BCUT2D eigenvalue weighted by Gasteiger charge is 2.22. The van der Waals surface area contributed by atoms with Crippen LogP contribution in [0.4, 0.5) is 0 Å². The van der Waals surface area contributed by atoms with E-state index >= 15 is 0 Å². The average Bonchev–Trinajstić information content (AvgIpc) is 3.24. The van der Waals surface area contributed by atoms with Gasteiger partial charge in [-0.3, -0.25) is 4.79 Å². The molecule has 0 aromatic heterocycles. The standard InChI is InChI=1S/C19H34O3/c1-3-4-5-6-7-11-14-17-18(22-17)15-12-9-8-10-13-16(2)19(20)21/h16H,3-15H2,1-2H3,(H,20,21). The second-order valence-corrected chi connectivity index (χ2v) is 6.66. The predicted molar refractivity (Wildman–Crippen MR) is 90.6 cm³/mol. The van der Waals surface area contributed by atoms with E-state index in [0.29, 0.717) is 0 Å². The first-order valence-corrected chi connectivity index (χ1v) is 9.27. The van der Waals surface area contributed by atoms with Crippen LogP contribution >= 0.6 is 0 Å². The molecule has 1 aliphatic heterocycles. The molecule has 1 N–H and O–H groups in total. The van der Waals surface area contributed by atoms with Crippen molar-refractivity contribution in [2.45, 2.75) is 97.3 Å². The van der Waals surface area contributed by atoms with Gasteiger partial charge >= 0.3 is 5.97 Å². The van der Waals surface area contributed by atoms with Gasteiger partial charge in [-0.25, -0.2) is 0 Å². The summed E-state index contributed by atoms with van der Waals surface area (Å²) < 4.78 is 5.58. The van der Waals surface area contributed by atoms with Crippen LogP contribution < -0.4 is 0 Å². The van der Waals surface area contributed by atoms with Gasteiger partial charge in [0.05, 0.1) is 5.92 Å². The number of aliphatic carboxylic acids is 1. The molecule has 0 fully saturated rings. The van der Waals surface area contributed by atoms with Crippen molar-refractivity contribution in [3.63, 3.8) is 0 Å². The summed E-state index contributed by atoms with van der Waals surface area (Å²) in [4.78, 5) is 10.7. The first kappa shape index (κ1) is 19.1. The molecule has 0 amide bonds. The summed E-state index contributed by atoms with van der Waals surface area (Å²) in [6.45, 7) is 4.04. The minimum absolute atomic E-state index is 0.196. The molecule has 1 heterocycles. The Bertz CT molecular complexity index is 347. The first-order valence-electron chi connectivity index (χ1n) is 9.27. The van der Waals surface area contributed by atoms with Crippen molar-refractivity contribution in [1.29, 1.82) is 0 Å². The number of allylic oxidation sites excluding steroid dienone is 2. The van der Waals surface area contributed by atoms with Crippen LogP contribution in [0, 0.1) is 5.92 Å². The van der Waals surface area contributed by atoms with Gasteiger partial charge in [-0.2, -0.15) is 0 Å². The molecule has 0 aromatic carbocycles. The molecular formula is C19H34O3. The maximum absolute atomic E-state index is 10.7. The Morgan fingerprint density at radius 2 is 1.41 bits per heavy atom. The average molecular weight is 310 g/mol. The van der Waals surface area contributed by atoms with Crippen LogP contribution in [0.2, 0.25) is 0 Å². The molecule has 0 saturated heterocycles. The molecule has 1 aliphatic rings. The quantitative estimate of drug-likeness (QED) is 0.375. The number of rotatable bonds is 15. The Hall–Kier alpha value is -0.990. The van der Waals surface area contributed by atoms with E-state index in [1.54, 1.807) is 6.92 Å². The van der Waals surface area contributed by atoms with E-state index in [-0.39, 0.29) is 5.92 Å². The predicted octanol–water partition coefficient (Wildman–Crippen LogP) is 6.04. The maximum Gasteiger partial charge on any atom is 0.306 e. The SMILES string of the molecule is CCCCCCCCC1=C(CCCCCCC(C)C(=O)O)O1. The van der Waals surface area contributed by atoms with Crippen LogP contribution in [-0.4, -0.2) is 11.1 Å². The van der Waals surface area contributed by atoms with Crippen molar-refractivity contribution < 1.29 is 14.6 Å². The fraction of sp³-hybridized carbons (Fsp3) is 0.842. The number of hydrogen-bond acceptors (Lipinski definition) is 2. The zero-order valence-corrected chi connectivity index (χ0v) is 14.5. The summed E-state index contributed by atoms with van der Waals surface area (Å²) >= 11 is 0. The van der Waals surface area contributed by atoms with Crippen molar-refractivity contribution in [3.05, 3.63) is 11.5 Å². The fourth-order valence-electron chi connectivity index (χ4n) is 2.78. The largest absolute Gasteiger partial charge is 0.481 e. The second-order valence-electron chi connectivity index (χ2n) is 6.66. The lowest BCUT2D eigenvalue weighted by Gasteiger charge is -2.04. The smallest absolute Gasteiger partial charge is 0.306 e. The summed E-state index contributed by atoms with van der Waals surface area (Å²) in [6, 6.07) is 0. The van der Waals surface area contributed by atoms with Crippen molar-refractivity contribution >= 4 is 5.97 Å². The van der Waals surface area contributed by atoms with Crippen LogP contribution in [0.15, 0.2) is 11.5 Å². The number of unbranched alkanes of at least 4 members (excludes halogenated alkanes) is 8. The van der Waals surface area contributed by atoms with Gasteiger partial charge in [0.2, 0.25) is 0 Å². The summed E-state index contributed by atoms with van der Waals surface area (Å²) in [6.07, 6.45) is 15.6. The molecule has 0 aromatic rings. The van der Waals surface area contributed by atoms with E-state index in [2.05, 4.69) is 6.92 Å². The van der Waals surface area contributed by atoms with Gasteiger partial charge in [-0.15, -0.1) is 0 Å². The Morgan fingerprint density at radius 3 is 1.95 bits per heavy atom. The lowest BCUT2D eigenvalue weighted by atomic mass is 10.0. The highest BCUT2D eigenvalue weighted by molar-refractivity contribution is 5.69.